The molecule has 0 saturated carbocycles. The third kappa shape index (κ3) is 5.42. The van der Waals surface area contributed by atoms with Crippen molar-refractivity contribution in [3.05, 3.63) is 17.3 Å². The molecule has 1 aromatic heterocycles. The van der Waals surface area contributed by atoms with E-state index in [-0.39, 0.29) is 11.3 Å². The van der Waals surface area contributed by atoms with Crippen molar-refractivity contribution < 1.29 is 4.79 Å². The molecule has 1 rings (SSSR count). The normalized spacial score (nSPS) is 11.3. The van der Waals surface area contributed by atoms with Crippen molar-refractivity contribution in [2.45, 2.75) is 33.1 Å². The monoisotopic (exact) mass is 270 g/mol. The Morgan fingerprint density at radius 2 is 2.11 bits per heavy atom. The Hall–Kier alpha value is -1.20. The van der Waals surface area contributed by atoms with Crippen LogP contribution >= 0.6 is 11.6 Å². The number of nitrogens with one attached hydrogen (secondary N) is 1. The maximum absolute atomic E-state index is 11.7. The van der Waals surface area contributed by atoms with Crippen molar-refractivity contribution in [1.29, 1.82) is 0 Å². The first kappa shape index (κ1) is 14.9. The molecule has 3 N–H and O–H groups in total. The summed E-state index contributed by atoms with van der Waals surface area (Å²) in [7, 11) is 0. The second-order valence-electron chi connectivity index (χ2n) is 4.99. The molecule has 100 valence electrons. The number of amides is 1. The second kappa shape index (κ2) is 6.66. The quantitative estimate of drug-likeness (QED) is 0.831. The standard InChI is InChI=1S/C12H19ClN4O/c1-12(2,7-8-14)6-5-11(18)15-10-4-3-9(13)16-17-10/h3-4H,5-8,14H2,1-2H3,(H,15,17,18). The molecule has 0 aliphatic heterocycles. The van der Waals surface area contributed by atoms with Gasteiger partial charge < -0.3 is 11.1 Å². The number of carbonyl (C=O) groups is 1. The largest absolute Gasteiger partial charge is 0.330 e. The molecule has 18 heavy (non-hydrogen) atoms. The Labute approximate surface area is 112 Å². The molecule has 1 amide bonds. The zero-order chi connectivity index (χ0) is 13.6. The van der Waals surface area contributed by atoms with Gasteiger partial charge in [0, 0.05) is 6.42 Å². The highest BCUT2D eigenvalue weighted by atomic mass is 35.5. The van der Waals surface area contributed by atoms with Crippen molar-refractivity contribution in [2.24, 2.45) is 11.1 Å². The number of rotatable bonds is 6. The SMILES string of the molecule is CC(C)(CCN)CCC(=O)Nc1ccc(Cl)nn1. The summed E-state index contributed by atoms with van der Waals surface area (Å²) in [5, 5.41) is 10.4. The maximum Gasteiger partial charge on any atom is 0.225 e. The Bertz CT molecular complexity index is 392. The summed E-state index contributed by atoms with van der Waals surface area (Å²) >= 11 is 5.61. The highest BCUT2D eigenvalue weighted by Gasteiger charge is 2.18. The topological polar surface area (TPSA) is 80.9 Å². The lowest BCUT2D eigenvalue weighted by molar-refractivity contribution is -0.116. The van der Waals surface area contributed by atoms with E-state index < -0.39 is 0 Å². The molecule has 5 nitrogen and oxygen atoms in total. The van der Waals surface area contributed by atoms with E-state index in [0.717, 1.165) is 12.8 Å². The number of nitrogens with zero attached hydrogens (tertiary/aromatic N) is 2. The minimum Gasteiger partial charge on any atom is -0.330 e. The third-order valence-corrected chi connectivity index (χ3v) is 2.95. The highest BCUT2D eigenvalue weighted by Crippen LogP contribution is 2.25. The van der Waals surface area contributed by atoms with Crippen LogP contribution in [0.15, 0.2) is 12.1 Å². The Balaban J connectivity index is 2.40. The van der Waals surface area contributed by atoms with E-state index in [1.165, 1.54) is 0 Å². The Kier molecular flexibility index (Phi) is 5.50. The van der Waals surface area contributed by atoms with Gasteiger partial charge in [-0.1, -0.05) is 25.4 Å². The van der Waals surface area contributed by atoms with E-state index in [0.29, 0.717) is 23.9 Å². The molecule has 0 aromatic carbocycles. The van der Waals surface area contributed by atoms with Crippen molar-refractivity contribution in [3.8, 4) is 0 Å². The van der Waals surface area contributed by atoms with Gasteiger partial charge in [0.2, 0.25) is 5.91 Å². The molecule has 0 unspecified atom stereocenters. The smallest absolute Gasteiger partial charge is 0.225 e. The highest BCUT2D eigenvalue weighted by molar-refractivity contribution is 6.29. The lowest BCUT2D eigenvalue weighted by Crippen LogP contribution is -2.21. The molecule has 0 bridgehead atoms. The van der Waals surface area contributed by atoms with Gasteiger partial charge in [-0.25, -0.2) is 0 Å². The van der Waals surface area contributed by atoms with E-state index in [1.54, 1.807) is 12.1 Å². The van der Waals surface area contributed by atoms with E-state index in [1.807, 2.05) is 0 Å². The molecule has 1 aromatic rings. The van der Waals surface area contributed by atoms with E-state index in [9.17, 15) is 4.79 Å². The first-order valence-electron chi connectivity index (χ1n) is 5.92. The Morgan fingerprint density at radius 3 is 2.67 bits per heavy atom. The average Bonchev–Trinajstić information content (AvgIpc) is 2.30. The van der Waals surface area contributed by atoms with Gasteiger partial charge >= 0.3 is 0 Å². The fourth-order valence-electron chi connectivity index (χ4n) is 1.56. The van der Waals surface area contributed by atoms with Crippen molar-refractivity contribution in [2.75, 3.05) is 11.9 Å². The molecular formula is C12H19ClN4O. The summed E-state index contributed by atoms with van der Waals surface area (Å²) in [6.45, 7) is 4.85. The number of halogens is 1. The van der Waals surface area contributed by atoms with Crippen LogP contribution in [0.5, 0.6) is 0 Å². The Morgan fingerprint density at radius 1 is 1.39 bits per heavy atom. The minimum atomic E-state index is -0.0725. The summed E-state index contributed by atoms with van der Waals surface area (Å²) in [6, 6.07) is 3.21. The van der Waals surface area contributed by atoms with Gasteiger partial charge in [-0.2, -0.15) is 0 Å². The van der Waals surface area contributed by atoms with Gasteiger partial charge in [-0.05, 0) is 36.9 Å². The lowest BCUT2D eigenvalue weighted by Gasteiger charge is -2.23. The molecule has 0 saturated heterocycles. The van der Waals surface area contributed by atoms with Gasteiger partial charge in [-0.15, -0.1) is 10.2 Å². The fraction of sp³-hybridized carbons (Fsp3) is 0.583. The summed E-state index contributed by atoms with van der Waals surface area (Å²) in [4.78, 5) is 11.7. The van der Waals surface area contributed by atoms with Crippen LogP contribution < -0.4 is 11.1 Å². The number of carbonyl (C=O) groups excluding carboxylic acids is 1. The summed E-state index contributed by atoms with van der Waals surface area (Å²) in [5.74, 6) is 0.345. The van der Waals surface area contributed by atoms with Gasteiger partial charge in [0.25, 0.3) is 0 Å². The van der Waals surface area contributed by atoms with Crippen LogP contribution in [0.25, 0.3) is 0 Å². The van der Waals surface area contributed by atoms with Gasteiger partial charge in [-0.3, -0.25) is 4.79 Å². The van der Waals surface area contributed by atoms with Crippen LogP contribution in [0.4, 0.5) is 5.82 Å². The van der Waals surface area contributed by atoms with Gasteiger partial charge in [0.1, 0.15) is 0 Å². The molecule has 6 heteroatoms. The summed E-state index contributed by atoms with van der Waals surface area (Å²) in [5.41, 5.74) is 5.61. The predicted octanol–water partition coefficient (Wildman–Crippen LogP) is 2.22. The van der Waals surface area contributed by atoms with Crippen LogP contribution in [0.2, 0.25) is 5.15 Å². The third-order valence-electron chi connectivity index (χ3n) is 2.75. The molecular weight excluding hydrogens is 252 g/mol. The molecule has 0 spiro atoms. The average molecular weight is 271 g/mol. The number of nitrogens with two attached hydrogens (primary N) is 1. The first-order chi connectivity index (χ1) is 8.43. The van der Waals surface area contributed by atoms with Crippen molar-refractivity contribution in [1.82, 2.24) is 10.2 Å². The van der Waals surface area contributed by atoms with Crippen molar-refractivity contribution in [3.63, 3.8) is 0 Å². The fourth-order valence-corrected chi connectivity index (χ4v) is 1.66. The maximum atomic E-state index is 11.7. The number of hydrogen-bond donors (Lipinski definition) is 2. The number of hydrogen-bond acceptors (Lipinski definition) is 4. The zero-order valence-electron chi connectivity index (χ0n) is 10.7. The zero-order valence-corrected chi connectivity index (χ0v) is 11.5. The van der Waals surface area contributed by atoms with Gasteiger partial charge in [0.15, 0.2) is 11.0 Å². The van der Waals surface area contributed by atoms with E-state index in [2.05, 4.69) is 29.4 Å². The lowest BCUT2D eigenvalue weighted by atomic mass is 9.84. The van der Waals surface area contributed by atoms with Crippen LogP contribution in [0, 0.1) is 5.41 Å². The molecule has 0 atom stereocenters. The van der Waals surface area contributed by atoms with Crippen LogP contribution in [-0.2, 0) is 4.79 Å². The molecule has 0 fully saturated rings. The first-order valence-corrected chi connectivity index (χ1v) is 6.30. The number of aromatic nitrogens is 2. The van der Waals surface area contributed by atoms with Gasteiger partial charge in [0.05, 0.1) is 0 Å². The van der Waals surface area contributed by atoms with E-state index >= 15 is 0 Å². The molecule has 0 aliphatic rings. The van der Waals surface area contributed by atoms with Crippen LogP contribution in [-0.4, -0.2) is 22.6 Å². The molecule has 0 aliphatic carbocycles. The van der Waals surface area contributed by atoms with Crippen LogP contribution in [0.3, 0.4) is 0 Å². The van der Waals surface area contributed by atoms with Crippen molar-refractivity contribution >= 4 is 23.3 Å². The predicted molar refractivity (Wildman–Crippen MR) is 72.4 cm³/mol. The number of anilines is 1. The van der Waals surface area contributed by atoms with E-state index in [4.69, 9.17) is 17.3 Å². The minimum absolute atomic E-state index is 0.0725. The summed E-state index contributed by atoms with van der Waals surface area (Å²) < 4.78 is 0. The second-order valence-corrected chi connectivity index (χ2v) is 5.38. The molecule has 0 radical (unpaired) electrons. The van der Waals surface area contributed by atoms with Crippen LogP contribution in [0.1, 0.15) is 33.1 Å². The molecule has 1 heterocycles. The summed E-state index contributed by atoms with van der Waals surface area (Å²) in [6.07, 6.45) is 2.13.